The fourth-order valence-corrected chi connectivity index (χ4v) is 3.87. The van der Waals surface area contributed by atoms with E-state index in [1.807, 2.05) is 6.07 Å². The summed E-state index contributed by atoms with van der Waals surface area (Å²) in [5.74, 6) is -3.21. The van der Waals surface area contributed by atoms with Crippen LogP contribution in [0.2, 0.25) is 0 Å². The highest BCUT2D eigenvalue weighted by atomic mass is 19.4. The molecule has 0 radical (unpaired) electrons. The van der Waals surface area contributed by atoms with Gasteiger partial charge in [0, 0.05) is 30.9 Å². The Morgan fingerprint density at radius 1 is 1.00 bits per heavy atom. The number of carbonyl (C=O) groups excluding carboxylic acids is 1. The summed E-state index contributed by atoms with van der Waals surface area (Å²) in [6, 6.07) is 13.1. The van der Waals surface area contributed by atoms with Crippen molar-refractivity contribution < 1.29 is 32.3 Å². The minimum Gasteiger partial charge on any atom is -0.475 e. The molecule has 0 atom stereocenters. The number of fused-ring (bicyclic) bond motifs is 1. The first kappa shape index (κ1) is 25.4. The lowest BCUT2D eigenvalue weighted by Gasteiger charge is -2.36. The second-order valence-electron chi connectivity index (χ2n) is 8.28. The van der Waals surface area contributed by atoms with Crippen molar-refractivity contribution in [1.82, 2.24) is 4.90 Å². The Morgan fingerprint density at radius 2 is 1.62 bits per heavy atom. The Kier molecular flexibility index (Phi) is 8.44. The van der Waals surface area contributed by atoms with E-state index >= 15 is 0 Å². The van der Waals surface area contributed by atoms with Crippen LogP contribution >= 0.6 is 0 Å². The van der Waals surface area contributed by atoms with E-state index in [0.717, 1.165) is 43.2 Å². The van der Waals surface area contributed by atoms with Crippen molar-refractivity contribution >= 4 is 23.6 Å². The molecule has 34 heavy (non-hydrogen) atoms. The zero-order valence-electron chi connectivity index (χ0n) is 18.4. The van der Waals surface area contributed by atoms with Crippen LogP contribution in [-0.4, -0.2) is 47.2 Å². The molecule has 1 amide bonds. The van der Waals surface area contributed by atoms with E-state index in [0.29, 0.717) is 0 Å². The number of aliphatic carboxylic acids is 1. The largest absolute Gasteiger partial charge is 0.490 e. The first-order valence-electron chi connectivity index (χ1n) is 11.0. The number of hydrogen-bond donors (Lipinski definition) is 2. The molecule has 1 heterocycles. The fourth-order valence-electron chi connectivity index (χ4n) is 3.87. The van der Waals surface area contributed by atoms with Crippen molar-refractivity contribution in [2.24, 2.45) is 0 Å². The van der Waals surface area contributed by atoms with Crippen molar-refractivity contribution in [3.63, 3.8) is 0 Å². The van der Waals surface area contributed by atoms with Gasteiger partial charge in [0.15, 0.2) is 0 Å². The number of amides is 1. The molecule has 5 nitrogen and oxygen atoms in total. The van der Waals surface area contributed by atoms with Gasteiger partial charge in [0.25, 0.3) is 0 Å². The monoisotopic (exact) mass is 478 g/mol. The van der Waals surface area contributed by atoms with E-state index < -0.39 is 12.1 Å². The summed E-state index contributed by atoms with van der Waals surface area (Å²) in [6.07, 6.45) is 4.28. The highest BCUT2D eigenvalue weighted by Gasteiger charge is 2.38. The number of rotatable bonds is 4. The number of halogens is 4. The quantitative estimate of drug-likeness (QED) is 0.476. The molecule has 2 aliphatic rings. The first-order valence-corrected chi connectivity index (χ1v) is 11.0. The van der Waals surface area contributed by atoms with E-state index in [1.165, 1.54) is 48.6 Å². The van der Waals surface area contributed by atoms with Gasteiger partial charge in [-0.2, -0.15) is 13.2 Å². The Labute approximate surface area is 195 Å². The predicted molar refractivity (Wildman–Crippen MR) is 121 cm³/mol. The molecule has 4 rings (SSSR count). The number of carboxylic acid groups (broad SMARTS) is 1. The van der Waals surface area contributed by atoms with Gasteiger partial charge >= 0.3 is 12.1 Å². The van der Waals surface area contributed by atoms with Gasteiger partial charge in [-0.05, 0) is 72.7 Å². The smallest absolute Gasteiger partial charge is 0.475 e. The van der Waals surface area contributed by atoms with Gasteiger partial charge in [-0.1, -0.05) is 24.6 Å². The predicted octanol–water partition coefficient (Wildman–Crippen LogP) is 5.06. The van der Waals surface area contributed by atoms with Crippen molar-refractivity contribution in [2.75, 3.05) is 18.4 Å². The fraction of sp³-hybridized carbons (Fsp3) is 0.360. The third-order valence-corrected chi connectivity index (χ3v) is 5.94. The maximum Gasteiger partial charge on any atom is 0.490 e. The van der Waals surface area contributed by atoms with Crippen LogP contribution in [0.15, 0.2) is 48.5 Å². The number of anilines is 1. The molecule has 2 N–H and O–H groups in total. The Morgan fingerprint density at radius 3 is 2.18 bits per heavy atom. The molecular weight excluding hydrogens is 452 g/mol. The number of benzene rings is 2. The Balaban J connectivity index is 0.000000406. The summed E-state index contributed by atoms with van der Waals surface area (Å²) >= 11 is 0. The minimum atomic E-state index is -5.08. The van der Waals surface area contributed by atoms with Gasteiger partial charge in [-0.15, -0.1) is 0 Å². The summed E-state index contributed by atoms with van der Waals surface area (Å²) < 4.78 is 44.7. The van der Waals surface area contributed by atoms with Gasteiger partial charge in [0.1, 0.15) is 5.82 Å². The van der Waals surface area contributed by atoms with Crippen molar-refractivity contribution in [2.45, 2.75) is 44.3 Å². The van der Waals surface area contributed by atoms with E-state index in [9.17, 15) is 22.4 Å². The molecule has 0 bridgehead atoms. The Bertz CT molecular complexity index is 1030. The molecule has 2 aromatic rings. The van der Waals surface area contributed by atoms with Gasteiger partial charge in [-0.25, -0.2) is 9.18 Å². The number of nitrogens with zero attached hydrogens (tertiary/aromatic N) is 1. The van der Waals surface area contributed by atoms with Crippen LogP contribution in [0.1, 0.15) is 36.0 Å². The SMILES string of the molecule is O=C(/C=C/c1ccc(F)cc1)Nc1ccc2c(c1)CCN(C1CCC1)CC2.O=C(O)C(F)(F)F. The molecule has 182 valence electrons. The zero-order valence-corrected chi connectivity index (χ0v) is 18.4. The van der Waals surface area contributed by atoms with Crippen LogP contribution < -0.4 is 5.32 Å². The van der Waals surface area contributed by atoms with Gasteiger partial charge in [-0.3, -0.25) is 9.69 Å². The lowest BCUT2D eigenvalue weighted by Crippen LogP contribution is -2.41. The Hall–Kier alpha value is -3.20. The molecule has 0 aromatic heterocycles. The average molecular weight is 478 g/mol. The third-order valence-electron chi connectivity index (χ3n) is 5.94. The number of hydrogen-bond acceptors (Lipinski definition) is 3. The summed E-state index contributed by atoms with van der Waals surface area (Å²) in [4.78, 5) is 23.7. The molecule has 0 unspecified atom stereocenters. The summed E-state index contributed by atoms with van der Waals surface area (Å²) in [5.41, 5.74) is 4.37. The zero-order chi connectivity index (χ0) is 24.7. The molecule has 9 heteroatoms. The summed E-state index contributed by atoms with van der Waals surface area (Å²) in [7, 11) is 0. The van der Waals surface area contributed by atoms with Crippen LogP contribution in [0.25, 0.3) is 6.08 Å². The number of nitrogens with one attached hydrogen (secondary N) is 1. The van der Waals surface area contributed by atoms with Gasteiger partial charge in [0.05, 0.1) is 0 Å². The van der Waals surface area contributed by atoms with Gasteiger partial charge in [0.2, 0.25) is 5.91 Å². The van der Waals surface area contributed by atoms with Crippen molar-refractivity contribution in [3.8, 4) is 0 Å². The van der Waals surface area contributed by atoms with Crippen LogP contribution in [0.3, 0.4) is 0 Å². The van der Waals surface area contributed by atoms with Crippen LogP contribution in [0.5, 0.6) is 0 Å². The average Bonchev–Trinajstić information content (AvgIpc) is 2.94. The third kappa shape index (κ3) is 7.41. The standard InChI is InChI=1S/C23H25FN2O.C2HF3O2/c24-20-8-4-17(5-9-20)6-11-23(27)25-21-10-7-18-12-14-26(22-2-1-3-22)15-13-19(18)16-21;3-2(4,5)1(6)7/h4-11,16,22H,1-3,12-15H2,(H,25,27);(H,6,7)/b11-6+;. The van der Waals surface area contributed by atoms with Crippen LogP contribution in [-0.2, 0) is 22.4 Å². The highest BCUT2D eigenvalue weighted by molar-refractivity contribution is 6.02. The molecule has 0 spiro atoms. The summed E-state index contributed by atoms with van der Waals surface area (Å²) in [5, 5.41) is 10.1. The first-order chi connectivity index (χ1) is 16.1. The molecule has 0 saturated heterocycles. The molecule has 1 fully saturated rings. The van der Waals surface area contributed by atoms with Crippen LogP contribution in [0, 0.1) is 5.82 Å². The van der Waals surface area contributed by atoms with Crippen LogP contribution in [0.4, 0.5) is 23.2 Å². The van der Waals surface area contributed by atoms with E-state index in [4.69, 9.17) is 9.90 Å². The van der Waals surface area contributed by atoms with Crippen molar-refractivity contribution in [1.29, 1.82) is 0 Å². The maximum atomic E-state index is 12.9. The summed E-state index contributed by atoms with van der Waals surface area (Å²) in [6.45, 7) is 2.25. The number of alkyl halides is 3. The number of carbonyl (C=O) groups is 2. The lowest BCUT2D eigenvalue weighted by atomic mass is 9.91. The molecule has 1 saturated carbocycles. The lowest BCUT2D eigenvalue weighted by molar-refractivity contribution is -0.192. The molecular formula is C25H26F4N2O3. The molecule has 2 aromatic carbocycles. The highest BCUT2D eigenvalue weighted by Crippen LogP contribution is 2.28. The number of carboxylic acids is 1. The molecule has 1 aliphatic carbocycles. The molecule has 1 aliphatic heterocycles. The van der Waals surface area contributed by atoms with Gasteiger partial charge < -0.3 is 10.4 Å². The van der Waals surface area contributed by atoms with E-state index in [1.54, 1.807) is 18.2 Å². The van der Waals surface area contributed by atoms with Crippen molar-refractivity contribution in [3.05, 3.63) is 71.0 Å². The topological polar surface area (TPSA) is 69.6 Å². The van der Waals surface area contributed by atoms with E-state index in [-0.39, 0.29) is 11.7 Å². The van der Waals surface area contributed by atoms with E-state index in [2.05, 4.69) is 22.3 Å². The normalized spacial score (nSPS) is 16.6. The minimum absolute atomic E-state index is 0.177. The maximum absolute atomic E-state index is 12.9. The second-order valence-corrected chi connectivity index (χ2v) is 8.28. The second kappa shape index (κ2) is 11.3.